The van der Waals surface area contributed by atoms with Crippen molar-refractivity contribution in [1.29, 1.82) is 0 Å². The van der Waals surface area contributed by atoms with E-state index in [4.69, 9.17) is 0 Å². The first-order valence-electron chi connectivity index (χ1n) is 6.10. The van der Waals surface area contributed by atoms with Crippen LogP contribution in [0.3, 0.4) is 0 Å². The van der Waals surface area contributed by atoms with E-state index < -0.39 is 0 Å². The molecule has 1 saturated heterocycles. The molecule has 0 aliphatic carbocycles. The molecular weight excluding hydrogens is 295 g/mol. The van der Waals surface area contributed by atoms with Crippen molar-refractivity contribution in [2.45, 2.75) is 25.3 Å². The van der Waals surface area contributed by atoms with E-state index in [0.717, 1.165) is 42.5 Å². The second-order valence-electron chi connectivity index (χ2n) is 4.43. The quantitative estimate of drug-likeness (QED) is 0.804. The van der Waals surface area contributed by atoms with Crippen LogP contribution in [0.1, 0.15) is 19.3 Å². The van der Waals surface area contributed by atoms with Crippen molar-refractivity contribution in [3.05, 3.63) is 18.2 Å². The fraction of sp³-hybridized carbons (Fsp3) is 0.417. The number of rotatable bonds is 2. The summed E-state index contributed by atoms with van der Waals surface area (Å²) in [7, 11) is 0. The number of piperidine rings is 1. The Morgan fingerprint density at radius 1 is 1.39 bits per heavy atom. The summed E-state index contributed by atoms with van der Waals surface area (Å²) < 4.78 is 8.67. The van der Waals surface area contributed by atoms with Crippen LogP contribution in [-0.4, -0.2) is 41.4 Å². The summed E-state index contributed by atoms with van der Waals surface area (Å²) in [5.74, 6) is 0.0395. The van der Waals surface area contributed by atoms with Crippen molar-refractivity contribution in [1.82, 2.24) is 13.3 Å². The van der Waals surface area contributed by atoms with Crippen molar-refractivity contribution in [3.63, 3.8) is 0 Å². The van der Waals surface area contributed by atoms with E-state index in [0.29, 0.717) is 0 Å². The number of benzene rings is 1. The van der Waals surface area contributed by atoms with Crippen LogP contribution in [0.25, 0.3) is 11.0 Å². The molecule has 6 heteroatoms. The van der Waals surface area contributed by atoms with Crippen LogP contribution in [0.5, 0.6) is 0 Å². The van der Waals surface area contributed by atoms with Gasteiger partial charge in [0, 0.05) is 0 Å². The van der Waals surface area contributed by atoms with Gasteiger partial charge >= 0.3 is 111 Å². The van der Waals surface area contributed by atoms with Crippen LogP contribution in [-0.2, 0) is 4.79 Å². The summed E-state index contributed by atoms with van der Waals surface area (Å²) in [6.07, 6.45) is 3.17. The number of carbonyl (C=O) groups is 1. The first kappa shape index (κ1) is 11.8. The Morgan fingerprint density at radius 2 is 2.33 bits per heavy atom. The molecule has 2 N–H and O–H groups in total. The molecule has 0 spiro atoms. The minimum absolute atomic E-state index is 0.0395. The molecular formula is C12H14N4OSe. The van der Waals surface area contributed by atoms with Gasteiger partial charge < -0.3 is 0 Å². The maximum absolute atomic E-state index is 12.1. The van der Waals surface area contributed by atoms with Gasteiger partial charge in [-0.05, 0) is 0 Å². The summed E-state index contributed by atoms with van der Waals surface area (Å²) in [6, 6.07) is 5.66. The molecule has 0 saturated carbocycles. The molecule has 0 radical (unpaired) electrons. The Labute approximate surface area is 111 Å². The normalized spacial score (nSPS) is 19.9. The fourth-order valence-electron chi connectivity index (χ4n) is 2.20. The van der Waals surface area contributed by atoms with Gasteiger partial charge in [0.1, 0.15) is 0 Å². The Morgan fingerprint density at radius 3 is 3.17 bits per heavy atom. The van der Waals surface area contributed by atoms with E-state index in [1.807, 2.05) is 18.2 Å². The topological polar surface area (TPSA) is 66.9 Å². The van der Waals surface area contributed by atoms with Crippen molar-refractivity contribution >= 4 is 37.6 Å². The number of carbonyl (C=O) groups excluding carboxylic acids is 1. The van der Waals surface area contributed by atoms with E-state index in [9.17, 15) is 4.79 Å². The van der Waals surface area contributed by atoms with Gasteiger partial charge in [0.2, 0.25) is 0 Å². The van der Waals surface area contributed by atoms with E-state index in [-0.39, 0.29) is 26.9 Å². The summed E-state index contributed by atoms with van der Waals surface area (Å²) in [4.78, 5) is 12.1. The molecule has 94 valence electrons. The molecule has 3 rings (SSSR count). The Hall–Kier alpha value is -1.23. The number of aromatic nitrogens is 2. The molecule has 1 fully saturated rings. The molecule has 18 heavy (non-hydrogen) atoms. The zero-order chi connectivity index (χ0) is 12.4. The van der Waals surface area contributed by atoms with Crippen LogP contribution >= 0.6 is 0 Å². The van der Waals surface area contributed by atoms with E-state index in [1.54, 1.807) is 0 Å². The Balaban J connectivity index is 1.79. The van der Waals surface area contributed by atoms with Crippen molar-refractivity contribution in [3.8, 4) is 0 Å². The van der Waals surface area contributed by atoms with E-state index in [2.05, 4.69) is 18.6 Å². The second-order valence-corrected chi connectivity index (χ2v) is 5.54. The summed E-state index contributed by atoms with van der Waals surface area (Å²) in [5, 5.41) is 6.21. The van der Waals surface area contributed by atoms with Gasteiger partial charge in [-0.3, -0.25) is 0 Å². The molecule has 5 nitrogen and oxygen atoms in total. The average molecular weight is 309 g/mol. The number of amides is 1. The van der Waals surface area contributed by atoms with Crippen LogP contribution in [0.2, 0.25) is 0 Å². The number of fused-ring (bicyclic) bond motifs is 1. The predicted octanol–water partition coefficient (Wildman–Crippen LogP) is 0.767. The predicted molar refractivity (Wildman–Crippen MR) is 70.7 cm³/mol. The molecule has 1 aliphatic rings. The molecule has 1 atom stereocenters. The van der Waals surface area contributed by atoms with E-state index in [1.165, 1.54) is 0 Å². The van der Waals surface area contributed by atoms with Crippen LogP contribution in [0, 0.1) is 0 Å². The summed E-state index contributed by atoms with van der Waals surface area (Å²) in [5.41, 5.74) is 2.51. The summed E-state index contributed by atoms with van der Waals surface area (Å²) in [6.45, 7) is 0.924. The van der Waals surface area contributed by atoms with Crippen LogP contribution < -0.4 is 10.6 Å². The Kier molecular flexibility index (Phi) is 3.41. The SMILES string of the molecule is O=C(Nc1cccc2n[se]nc12)C1CCCCN1. The fourth-order valence-corrected chi connectivity index (χ4v) is 3.36. The monoisotopic (exact) mass is 310 g/mol. The average Bonchev–Trinajstić information content (AvgIpc) is 2.89. The van der Waals surface area contributed by atoms with Crippen molar-refractivity contribution in [2.24, 2.45) is 0 Å². The third-order valence-electron chi connectivity index (χ3n) is 3.17. The van der Waals surface area contributed by atoms with Gasteiger partial charge in [-0.15, -0.1) is 0 Å². The van der Waals surface area contributed by atoms with Crippen molar-refractivity contribution < 1.29 is 4.79 Å². The van der Waals surface area contributed by atoms with Crippen LogP contribution in [0.4, 0.5) is 5.69 Å². The Bertz CT molecular complexity index is 562. The maximum atomic E-state index is 12.1. The molecule has 2 aromatic rings. The van der Waals surface area contributed by atoms with Crippen molar-refractivity contribution in [2.75, 3.05) is 11.9 Å². The number of hydrogen-bond acceptors (Lipinski definition) is 4. The van der Waals surface area contributed by atoms with Gasteiger partial charge in [0.25, 0.3) is 0 Å². The third kappa shape index (κ3) is 2.32. The number of nitrogens with zero attached hydrogens (tertiary/aromatic N) is 2. The molecule has 0 bridgehead atoms. The third-order valence-corrected chi connectivity index (χ3v) is 4.31. The zero-order valence-electron chi connectivity index (χ0n) is 9.85. The number of nitrogens with one attached hydrogen (secondary N) is 2. The summed E-state index contributed by atoms with van der Waals surface area (Å²) >= 11 is -0.0632. The second kappa shape index (κ2) is 5.18. The molecule has 1 aliphatic heterocycles. The van der Waals surface area contributed by atoms with Gasteiger partial charge in [-0.25, -0.2) is 0 Å². The van der Waals surface area contributed by atoms with Gasteiger partial charge in [-0.1, -0.05) is 0 Å². The molecule has 2 heterocycles. The van der Waals surface area contributed by atoms with Gasteiger partial charge in [-0.2, -0.15) is 0 Å². The molecule has 1 aromatic heterocycles. The first-order valence-corrected chi connectivity index (χ1v) is 7.63. The standard InChI is InChI=1S/C12H14N4OSe/c17-12(10-4-1-2-7-13-10)14-8-5-3-6-9-11(8)16-18-15-9/h3,5-6,10,13H,1-2,4,7H2,(H,14,17). The van der Waals surface area contributed by atoms with Crippen LogP contribution in [0.15, 0.2) is 18.2 Å². The zero-order valence-corrected chi connectivity index (χ0v) is 11.6. The molecule has 1 amide bonds. The minimum atomic E-state index is -0.0709. The molecule has 1 unspecified atom stereocenters. The number of hydrogen-bond donors (Lipinski definition) is 2. The van der Waals surface area contributed by atoms with Gasteiger partial charge in [0.15, 0.2) is 0 Å². The van der Waals surface area contributed by atoms with E-state index >= 15 is 0 Å². The van der Waals surface area contributed by atoms with Gasteiger partial charge in [0.05, 0.1) is 0 Å². The molecule has 1 aromatic carbocycles. The first-order chi connectivity index (χ1) is 8.84. The number of anilines is 1.